The summed E-state index contributed by atoms with van der Waals surface area (Å²) in [5.41, 5.74) is 20.0. The molecule has 12 rings (SSSR count). The molecule has 0 unspecified atom stereocenters. The molecule has 0 fully saturated rings. The van der Waals surface area contributed by atoms with Crippen molar-refractivity contribution >= 4 is 110 Å². The molecule has 0 aliphatic rings. The van der Waals surface area contributed by atoms with Crippen LogP contribution in [0.2, 0.25) is 15.1 Å². The van der Waals surface area contributed by atoms with Crippen LogP contribution in [0.3, 0.4) is 0 Å². The lowest BCUT2D eigenvalue weighted by atomic mass is 9.98. The first-order valence-corrected chi connectivity index (χ1v) is 41.0. The lowest BCUT2D eigenvalue weighted by Gasteiger charge is -2.18. The number of amides is 4. The van der Waals surface area contributed by atoms with Crippen molar-refractivity contribution in [2.45, 2.75) is 112 Å². The molecule has 0 saturated heterocycles. The quantitative estimate of drug-likeness (QED) is 0.0261. The van der Waals surface area contributed by atoms with Crippen molar-refractivity contribution in [3.63, 3.8) is 0 Å². The molecule has 4 amide bonds. The Balaban J connectivity index is 0.000000186. The van der Waals surface area contributed by atoms with Gasteiger partial charge in [-0.15, -0.1) is 0 Å². The van der Waals surface area contributed by atoms with E-state index >= 15 is 0 Å². The van der Waals surface area contributed by atoms with Gasteiger partial charge in [0, 0.05) is 149 Å². The van der Waals surface area contributed by atoms with Crippen LogP contribution in [0.15, 0.2) is 231 Å². The second-order valence-corrected chi connectivity index (χ2v) is 29.8. The summed E-state index contributed by atoms with van der Waals surface area (Å²) in [6.45, 7) is 9.14. The maximum Gasteiger partial charge on any atom is 0.226 e. The zero-order valence-corrected chi connectivity index (χ0v) is 72.2. The SMILES string of the molecule is CCC(=O)N(C)c1ccc(-c2ccc(C(=O)CCc3ccc(F)nc3F)c(F)c2)cc1F.CCC(=O)N(C)c1ccc(-c2ccc(C(=O)CCc3cccnc3C)c(Cl)c2)cc1.CCC(=O)N(C)c1ccc(-c2ccc(C(=O)CCc3cccnc3N)c(Cl)c2)cc1.CCC(=O)N(C)c1ccc(-c2ccc(C(=O)CCc3cccnc3OC)c(Cl)c2)cc1. The van der Waals surface area contributed by atoms with Gasteiger partial charge in [-0.05, 0) is 216 Å². The molecule has 123 heavy (non-hydrogen) atoms. The van der Waals surface area contributed by atoms with Crippen molar-refractivity contribution < 1.29 is 60.7 Å². The first-order valence-electron chi connectivity index (χ1n) is 39.8. The number of aryl methyl sites for hydroxylation is 5. The van der Waals surface area contributed by atoms with Gasteiger partial charge < -0.3 is 30.1 Å². The number of aromatic nitrogens is 4. The number of pyridine rings is 4. The van der Waals surface area contributed by atoms with E-state index < -0.39 is 29.3 Å². The highest BCUT2D eigenvalue weighted by Gasteiger charge is 2.22. The molecule has 8 aromatic carbocycles. The molecule has 0 saturated carbocycles. The third kappa shape index (κ3) is 25.4. The predicted octanol–water partition coefficient (Wildman–Crippen LogP) is 22.2. The molecular weight excluding hydrogens is 1630 g/mol. The Kier molecular flexibility index (Phi) is 34.5. The molecule has 0 spiro atoms. The number of hydrogen-bond acceptors (Lipinski definition) is 14. The number of nitrogens with two attached hydrogens (primary N) is 1. The van der Waals surface area contributed by atoms with E-state index in [-0.39, 0.29) is 77.1 Å². The van der Waals surface area contributed by atoms with Crippen LogP contribution in [0.5, 0.6) is 5.88 Å². The number of benzene rings is 8. The number of Topliss-reactive ketones (excluding diaryl/α,β-unsaturated/α-hetero) is 4. The van der Waals surface area contributed by atoms with Gasteiger partial charge in [-0.25, -0.2) is 18.7 Å². The number of nitrogens with zero attached hydrogens (tertiary/aromatic N) is 8. The topological polar surface area (TPSA) is 236 Å². The average Bonchev–Trinajstić information content (AvgIpc) is 0.884. The first kappa shape index (κ1) is 94.0. The monoisotopic (exact) mass is 1720 g/mol. The van der Waals surface area contributed by atoms with Crippen LogP contribution in [-0.2, 0) is 44.9 Å². The Labute approximate surface area is 728 Å². The van der Waals surface area contributed by atoms with E-state index in [1.807, 2.05) is 155 Å². The highest BCUT2D eigenvalue weighted by molar-refractivity contribution is 6.35. The zero-order valence-electron chi connectivity index (χ0n) is 69.9. The van der Waals surface area contributed by atoms with Crippen molar-refractivity contribution in [1.29, 1.82) is 0 Å². The van der Waals surface area contributed by atoms with E-state index in [9.17, 15) is 55.9 Å². The third-order valence-electron chi connectivity index (χ3n) is 20.7. The Bertz CT molecular complexity index is 5630. The summed E-state index contributed by atoms with van der Waals surface area (Å²) in [5, 5.41) is 1.28. The Morgan fingerprint density at radius 2 is 0.699 bits per heavy atom. The van der Waals surface area contributed by atoms with Crippen LogP contribution in [0.1, 0.15) is 148 Å². The Morgan fingerprint density at radius 1 is 0.366 bits per heavy atom. The van der Waals surface area contributed by atoms with Crippen molar-refractivity contribution in [3.05, 3.63) is 320 Å². The number of anilines is 5. The van der Waals surface area contributed by atoms with Crippen LogP contribution in [0.25, 0.3) is 44.5 Å². The second kappa shape index (κ2) is 45.1. The standard InChI is InChI=1S/C25H25ClN2O3.C25H25ClN2O2.C24H24ClN3O2.C24H20F4N2O2/c1-4-24(30)28(2)20-11-7-17(8-12-20)19-9-13-21(22(26)16-19)23(29)14-10-18-6-5-15-27-25(18)31-3;1-4-25(30)28(3)21-11-7-19(8-12-21)20-9-13-22(23(26)16-20)24(29)14-10-18-6-5-15-27-17(18)2;1-3-23(30)28(2)19-10-6-16(7-11-19)18-8-12-20(21(25)15-18)22(29)13-9-17-5-4-14-27-24(17)26;1-3-23(32)30(2)20-9-5-16(13-19(20)26)15-4-8-17(18(25)12-15)21(31)10-6-14-7-11-22(27)29-24(14)28/h5-9,11-13,15-16H,4,10,14H2,1-3H3;5-9,11-13,15-16H,4,10,14H2,1-3H3;4-8,10-12,14-15H,3,9,13H2,1-2H3,(H2,26,27);4-5,7-9,11-13H,3,6,10H2,1-2H3. The molecule has 0 radical (unpaired) electrons. The summed E-state index contributed by atoms with van der Waals surface area (Å²) in [5.74, 6) is -3.10. The molecule has 4 heterocycles. The maximum atomic E-state index is 14.6. The van der Waals surface area contributed by atoms with Crippen LogP contribution in [0.4, 0.5) is 46.1 Å². The smallest absolute Gasteiger partial charge is 0.226 e. The maximum absolute atomic E-state index is 14.6. The third-order valence-corrected chi connectivity index (χ3v) is 21.6. The van der Waals surface area contributed by atoms with Gasteiger partial charge in [0.25, 0.3) is 0 Å². The molecule has 25 heteroatoms. The number of ether oxygens (including phenoxy) is 1. The van der Waals surface area contributed by atoms with Crippen LogP contribution in [-0.4, -0.2) is 102 Å². The molecule has 12 aromatic rings. The van der Waals surface area contributed by atoms with E-state index in [1.165, 1.54) is 42.3 Å². The van der Waals surface area contributed by atoms with Crippen molar-refractivity contribution in [2.75, 3.05) is 60.6 Å². The number of ketones is 4. The average molecular weight is 1720 g/mol. The molecule has 4 aromatic heterocycles. The van der Waals surface area contributed by atoms with Crippen molar-refractivity contribution in [3.8, 4) is 50.4 Å². The van der Waals surface area contributed by atoms with Crippen molar-refractivity contribution in [1.82, 2.24) is 19.9 Å². The zero-order chi connectivity index (χ0) is 89.1. The molecular formula is C98H94Cl3F4N9O9. The van der Waals surface area contributed by atoms with E-state index in [4.69, 9.17) is 45.3 Å². The molecule has 0 aliphatic heterocycles. The minimum atomic E-state index is -1.01. The van der Waals surface area contributed by atoms with Gasteiger partial charge in [0.2, 0.25) is 41.4 Å². The van der Waals surface area contributed by atoms with Gasteiger partial charge in [-0.2, -0.15) is 13.8 Å². The van der Waals surface area contributed by atoms with E-state index in [0.717, 1.165) is 85.0 Å². The second-order valence-electron chi connectivity index (χ2n) is 28.6. The summed E-state index contributed by atoms with van der Waals surface area (Å²) >= 11 is 19.3. The Morgan fingerprint density at radius 3 is 1.08 bits per heavy atom. The highest BCUT2D eigenvalue weighted by Crippen LogP contribution is 2.35. The molecule has 2 N–H and O–H groups in total. The summed E-state index contributed by atoms with van der Waals surface area (Å²) < 4.78 is 60.8. The lowest BCUT2D eigenvalue weighted by Crippen LogP contribution is -2.25. The molecule has 0 bridgehead atoms. The van der Waals surface area contributed by atoms with Gasteiger partial charge in [-0.1, -0.05) is 147 Å². The van der Waals surface area contributed by atoms with Crippen LogP contribution < -0.4 is 30.1 Å². The number of carbonyl (C=O) groups excluding carboxylic acids is 8. The summed E-state index contributed by atoms with van der Waals surface area (Å²) in [6, 6.07) is 61.0. The van der Waals surface area contributed by atoms with Crippen LogP contribution in [0, 0.1) is 30.5 Å². The number of rotatable bonds is 29. The van der Waals surface area contributed by atoms with Gasteiger partial charge in [0.15, 0.2) is 23.1 Å². The fourth-order valence-electron chi connectivity index (χ4n) is 13.2. The van der Waals surface area contributed by atoms with Gasteiger partial charge in [-0.3, -0.25) is 43.3 Å². The fourth-order valence-corrected chi connectivity index (χ4v) is 14.0. The van der Waals surface area contributed by atoms with Crippen LogP contribution >= 0.6 is 34.8 Å². The molecule has 0 aliphatic carbocycles. The fraction of sp³-hybridized carbons (Fsp3) is 0.224. The van der Waals surface area contributed by atoms with Crippen molar-refractivity contribution in [2.24, 2.45) is 0 Å². The predicted molar refractivity (Wildman–Crippen MR) is 480 cm³/mol. The van der Waals surface area contributed by atoms with Gasteiger partial charge in [0.05, 0.1) is 33.4 Å². The summed E-state index contributed by atoms with van der Waals surface area (Å²) in [4.78, 5) is 119. The molecule has 18 nitrogen and oxygen atoms in total. The van der Waals surface area contributed by atoms with Gasteiger partial charge >= 0.3 is 0 Å². The first-order chi connectivity index (χ1) is 58.9. The highest BCUT2D eigenvalue weighted by atomic mass is 35.5. The number of hydrogen-bond donors (Lipinski definition) is 1. The number of carbonyl (C=O) groups is 8. The minimum absolute atomic E-state index is 0.0184. The molecule has 0 atom stereocenters. The van der Waals surface area contributed by atoms with E-state index in [1.54, 1.807) is 111 Å². The largest absolute Gasteiger partial charge is 0.481 e. The molecule has 634 valence electrons. The number of nitrogen functional groups attached to an aromatic ring is 1. The number of methoxy groups -OCH3 is 1. The summed E-state index contributed by atoms with van der Waals surface area (Å²) in [7, 11) is 8.33. The normalized spacial score (nSPS) is 10.7. The van der Waals surface area contributed by atoms with E-state index in [2.05, 4.69) is 19.9 Å². The number of halogens is 7. The van der Waals surface area contributed by atoms with Gasteiger partial charge in [0.1, 0.15) is 17.5 Å². The summed E-state index contributed by atoms with van der Waals surface area (Å²) in [6.07, 6.45) is 9.07. The Hall–Kier alpha value is -12.9. The minimum Gasteiger partial charge on any atom is -0.481 e. The van der Waals surface area contributed by atoms with E-state index in [0.29, 0.717) is 112 Å². The lowest BCUT2D eigenvalue weighted by molar-refractivity contribution is -0.118.